The highest BCUT2D eigenvalue weighted by molar-refractivity contribution is 6.11. The van der Waals surface area contributed by atoms with Crippen LogP contribution in [0.5, 0.6) is 5.75 Å². The second-order valence-corrected chi connectivity index (χ2v) is 5.82. The number of hydrogen-bond acceptors (Lipinski definition) is 5. The van der Waals surface area contributed by atoms with Crippen LogP contribution in [0, 0.1) is 0 Å². The number of nitrogen functional groups attached to an aromatic ring is 1. The van der Waals surface area contributed by atoms with Crippen LogP contribution in [0.15, 0.2) is 52.9 Å². The summed E-state index contributed by atoms with van der Waals surface area (Å²) in [6.07, 6.45) is 0. The molecule has 0 spiro atoms. The summed E-state index contributed by atoms with van der Waals surface area (Å²) in [5.41, 5.74) is 1.43. The topological polar surface area (TPSA) is 108 Å². The van der Waals surface area contributed by atoms with Crippen LogP contribution < -0.4 is 10.6 Å². The minimum atomic E-state index is -1.14. The number of methoxy groups -OCH3 is 1. The van der Waals surface area contributed by atoms with Gasteiger partial charge >= 0.3 is 5.97 Å². The zero-order valence-corrected chi connectivity index (χ0v) is 13.7. The molecular formula is C19H14N2O5. The van der Waals surface area contributed by atoms with Crippen molar-refractivity contribution in [2.45, 2.75) is 0 Å². The largest absolute Gasteiger partial charge is 0.497 e. The number of fused-ring (bicyclic) bond motifs is 2. The molecule has 7 nitrogen and oxygen atoms in total. The van der Waals surface area contributed by atoms with Crippen molar-refractivity contribution in [2.75, 3.05) is 13.0 Å². The molecule has 0 radical (unpaired) electrons. The molecule has 4 aromatic rings. The smallest absolute Gasteiger partial charge is 0.354 e. The summed E-state index contributed by atoms with van der Waals surface area (Å²) in [6, 6.07) is 13.2. The molecule has 0 aliphatic carbocycles. The SMILES string of the molecule is COc1ccc2oc(C(=O)c3ccc4c(c3)cc(C(=O)O)n4N)cc2c1. The molecule has 26 heavy (non-hydrogen) atoms. The Morgan fingerprint density at radius 2 is 1.88 bits per heavy atom. The summed E-state index contributed by atoms with van der Waals surface area (Å²) in [4.78, 5) is 24.0. The fourth-order valence-electron chi connectivity index (χ4n) is 2.94. The number of benzene rings is 2. The monoisotopic (exact) mass is 350 g/mol. The summed E-state index contributed by atoms with van der Waals surface area (Å²) in [6.45, 7) is 0. The van der Waals surface area contributed by atoms with E-state index in [2.05, 4.69) is 0 Å². The summed E-state index contributed by atoms with van der Waals surface area (Å²) in [7, 11) is 1.57. The maximum Gasteiger partial charge on any atom is 0.354 e. The zero-order chi connectivity index (χ0) is 18.4. The number of carbonyl (C=O) groups excluding carboxylic acids is 1. The van der Waals surface area contributed by atoms with Gasteiger partial charge in [-0.25, -0.2) is 4.79 Å². The van der Waals surface area contributed by atoms with Gasteiger partial charge in [0, 0.05) is 16.3 Å². The maximum atomic E-state index is 12.8. The van der Waals surface area contributed by atoms with Crippen molar-refractivity contribution < 1.29 is 23.8 Å². The quantitative estimate of drug-likeness (QED) is 0.433. The minimum Gasteiger partial charge on any atom is -0.497 e. The van der Waals surface area contributed by atoms with Gasteiger partial charge in [-0.15, -0.1) is 0 Å². The van der Waals surface area contributed by atoms with Crippen LogP contribution >= 0.6 is 0 Å². The molecule has 0 aliphatic rings. The van der Waals surface area contributed by atoms with Gasteiger partial charge in [-0.1, -0.05) is 0 Å². The van der Waals surface area contributed by atoms with E-state index in [-0.39, 0.29) is 17.2 Å². The lowest BCUT2D eigenvalue weighted by atomic mass is 10.1. The first-order chi connectivity index (χ1) is 12.5. The highest BCUT2D eigenvalue weighted by Gasteiger charge is 2.18. The molecule has 0 fully saturated rings. The van der Waals surface area contributed by atoms with Crippen LogP contribution in [0.3, 0.4) is 0 Å². The van der Waals surface area contributed by atoms with Crippen molar-refractivity contribution in [3.63, 3.8) is 0 Å². The Hall–Kier alpha value is -3.74. The van der Waals surface area contributed by atoms with E-state index in [0.29, 0.717) is 27.8 Å². The van der Waals surface area contributed by atoms with Gasteiger partial charge in [0.15, 0.2) is 5.76 Å². The summed E-state index contributed by atoms with van der Waals surface area (Å²) in [5, 5.41) is 10.5. The molecule has 130 valence electrons. The second kappa shape index (κ2) is 5.66. The Labute approximate surface area is 147 Å². The Kier molecular flexibility index (Phi) is 3.43. The molecular weight excluding hydrogens is 336 g/mol. The van der Waals surface area contributed by atoms with Crippen LogP contribution in [-0.4, -0.2) is 28.6 Å². The molecule has 3 N–H and O–H groups in total. The number of nitrogens with two attached hydrogens (primary N) is 1. The Morgan fingerprint density at radius 3 is 2.62 bits per heavy atom. The first-order valence-corrected chi connectivity index (χ1v) is 7.74. The normalized spacial score (nSPS) is 11.1. The van der Waals surface area contributed by atoms with Gasteiger partial charge in [0.25, 0.3) is 0 Å². The lowest BCUT2D eigenvalue weighted by Crippen LogP contribution is -2.15. The number of ether oxygens (including phenoxy) is 1. The molecule has 2 aromatic heterocycles. The third-order valence-corrected chi connectivity index (χ3v) is 4.27. The third-order valence-electron chi connectivity index (χ3n) is 4.27. The van der Waals surface area contributed by atoms with Crippen molar-refractivity contribution >= 4 is 33.6 Å². The van der Waals surface area contributed by atoms with Crippen molar-refractivity contribution in [3.05, 3.63) is 65.5 Å². The van der Waals surface area contributed by atoms with Crippen LogP contribution in [0.1, 0.15) is 26.6 Å². The molecule has 0 saturated heterocycles. The van der Waals surface area contributed by atoms with Crippen molar-refractivity contribution in [2.24, 2.45) is 0 Å². The first kappa shape index (κ1) is 15.8. The molecule has 0 aliphatic heterocycles. The fraction of sp³-hybridized carbons (Fsp3) is 0.0526. The molecule has 0 bridgehead atoms. The number of nitrogens with zero attached hydrogens (tertiary/aromatic N) is 1. The molecule has 7 heteroatoms. The number of carboxylic acids is 1. The van der Waals surface area contributed by atoms with Crippen LogP contribution in [0.4, 0.5) is 0 Å². The van der Waals surface area contributed by atoms with Crippen molar-refractivity contribution in [3.8, 4) is 5.75 Å². The molecule has 2 aromatic carbocycles. The van der Waals surface area contributed by atoms with Gasteiger partial charge in [-0.2, -0.15) is 0 Å². The van der Waals surface area contributed by atoms with Gasteiger partial charge in [0.1, 0.15) is 17.0 Å². The van der Waals surface area contributed by atoms with Gasteiger partial charge < -0.3 is 20.1 Å². The van der Waals surface area contributed by atoms with Crippen molar-refractivity contribution in [1.82, 2.24) is 4.68 Å². The zero-order valence-electron chi connectivity index (χ0n) is 13.7. The van der Waals surface area contributed by atoms with E-state index in [1.54, 1.807) is 49.6 Å². The number of furan rings is 1. The Bertz CT molecular complexity index is 1190. The summed E-state index contributed by atoms with van der Waals surface area (Å²) < 4.78 is 11.9. The molecule has 4 rings (SSSR count). The van der Waals surface area contributed by atoms with E-state index < -0.39 is 5.97 Å². The highest BCUT2D eigenvalue weighted by atomic mass is 16.5. The van der Waals surface area contributed by atoms with Crippen molar-refractivity contribution in [1.29, 1.82) is 0 Å². The van der Waals surface area contributed by atoms with Gasteiger partial charge in [-0.05, 0) is 48.5 Å². The summed E-state index contributed by atoms with van der Waals surface area (Å²) in [5.74, 6) is 5.20. The number of carboxylic acid groups (broad SMARTS) is 1. The van der Waals surface area contributed by atoms with Gasteiger partial charge in [-0.3, -0.25) is 9.47 Å². The summed E-state index contributed by atoms with van der Waals surface area (Å²) >= 11 is 0. The fourth-order valence-corrected chi connectivity index (χ4v) is 2.94. The highest BCUT2D eigenvalue weighted by Crippen LogP contribution is 2.27. The average molecular weight is 350 g/mol. The molecule has 0 unspecified atom stereocenters. The standard InChI is InChI=1S/C19H14N2O5/c1-25-13-3-5-16-12(7-13)9-17(26-16)18(22)10-2-4-14-11(6-10)8-15(19(23)24)21(14)20/h2-9H,20H2,1H3,(H,23,24). The number of hydrogen-bond donors (Lipinski definition) is 2. The van der Waals surface area contributed by atoms with E-state index >= 15 is 0 Å². The molecule has 0 saturated carbocycles. The number of carbonyl (C=O) groups is 2. The molecule has 2 heterocycles. The predicted octanol–water partition coefficient (Wildman–Crippen LogP) is 3.04. The Morgan fingerprint density at radius 1 is 1.08 bits per heavy atom. The number of rotatable bonds is 4. The predicted molar refractivity (Wildman–Crippen MR) is 95.2 cm³/mol. The average Bonchev–Trinajstić information content (AvgIpc) is 3.21. The number of aromatic carboxylic acids is 1. The Balaban J connectivity index is 1.77. The van der Waals surface area contributed by atoms with Crippen LogP contribution in [0.2, 0.25) is 0 Å². The van der Waals surface area contributed by atoms with Gasteiger partial charge in [0.05, 0.1) is 12.6 Å². The third kappa shape index (κ3) is 2.37. The van der Waals surface area contributed by atoms with Gasteiger partial charge in [0.2, 0.25) is 5.78 Å². The first-order valence-electron chi connectivity index (χ1n) is 7.74. The lowest BCUT2D eigenvalue weighted by molar-refractivity contribution is 0.0687. The van der Waals surface area contributed by atoms with E-state index in [9.17, 15) is 9.59 Å². The number of ketones is 1. The van der Waals surface area contributed by atoms with E-state index in [0.717, 1.165) is 10.1 Å². The maximum absolute atomic E-state index is 12.8. The lowest BCUT2D eigenvalue weighted by Gasteiger charge is -2.01. The van der Waals surface area contributed by atoms with Crippen LogP contribution in [0.25, 0.3) is 21.9 Å². The number of aromatic nitrogens is 1. The van der Waals surface area contributed by atoms with Crippen LogP contribution in [-0.2, 0) is 0 Å². The molecule has 0 atom stereocenters. The minimum absolute atomic E-state index is 0.0552. The second-order valence-electron chi connectivity index (χ2n) is 5.82. The molecule has 0 amide bonds. The van der Waals surface area contributed by atoms with E-state index in [1.807, 2.05) is 0 Å². The van der Waals surface area contributed by atoms with E-state index in [1.165, 1.54) is 6.07 Å². The van der Waals surface area contributed by atoms with E-state index in [4.69, 9.17) is 20.1 Å².